The highest BCUT2D eigenvalue weighted by atomic mass is 15.5. The van der Waals surface area contributed by atoms with Crippen LogP contribution in [0.5, 0.6) is 0 Å². The molecule has 1 saturated heterocycles. The maximum absolute atomic E-state index is 3.91. The summed E-state index contributed by atoms with van der Waals surface area (Å²) in [6.45, 7) is 5.32. The van der Waals surface area contributed by atoms with Gasteiger partial charge >= 0.3 is 0 Å². The normalized spacial score (nSPS) is 20.1. The summed E-state index contributed by atoms with van der Waals surface area (Å²) in [7, 11) is 2.16. The number of nitrogens with zero attached hydrogens (tertiary/aromatic N) is 3. The van der Waals surface area contributed by atoms with Crippen LogP contribution in [0, 0.1) is 0 Å². The molecule has 1 fully saturated rings. The zero-order chi connectivity index (χ0) is 9.80. The standard InChI is InChI=1S/C9H17N5/c1-13-2-4-14(5-3-13)12-8-9-6-10-11-7-9/h6-7,12H,2-5,8H2,1H3,(H,10,11). The Bertz CT molecular complexity index is 250. The predicted molar refractivity (Wildman–Crippen MR) is 54.5 cm³/mol. The Morgan fingerprint density at radius 3 is 2.86 bits per heavy atom. The highest BCUT2D eigenvalue weighted by Crippen LogP contribution is 1.98. The fraction of sp³-hybridized carbons (Fsp3) is 0.667. The minimum atomic E-state index is 0.861. The molecule has 2 N–H and O–H groups in total. The smallest absolute Gasteiger partial charge is 0.0532 e. The van der Waals surface area contributed by atoms with Crippen LogP contribution in [0.15, 0.2) is 12.4 Å². The number of nitrogens with one attached hydrogen (secondary N) is 2. The molecule has 1 aliphatic rings. The molecule has 1 aliphatic heterocycles. The summed E-state index contributed by atoms with van der Waals surface area (Å²) in [5, 5.41) is 8.98. The molecule has 14 heavy (non-hydrogen) atoms. The van der Waals surface area contributed by atoms with E-state index >= 15 is 0 Å². The van der Waals surface area contributed by atoms with Crippen LogP contribution in [0.3, 0.4) is 0 Å². The van der Waals surface area contributed by atoms with Crippen LogP contribution >= 0.6 is 0 Å². The van der Waals surface area contributed by atoms with Crippen molar-refractivity contribution in [2.75, 3.05) is 33.2 Å². The molecule has 0 amide bonds. The monoisotopic (exact) mass is 195 g/mol. The van der Waals surface area contributed by atoms with E-state index in [-0.39, 0.29) is 0 Å². The molecule has 5 nitrogen and oxygen atoms in total. The van der Waals surface area contributed by atoms with Gasteiger partial charge in [-0.2, -0.15) is 5.10 Å². The Hall–Kier alpha value is -0.910. The van der Waals surface area contributed by atoms with Gasteiger partial charge in [-0.15, -0.1) is 0 Å². The number of hydrazine groups is 1. The lowest BCUT2D eigenvalue weighted by molar-refractivity contribution is 0.102. The van der Waals surface area contributed by atoms with Crippen molar-refractivity contribution in [1.82, 2.24) is 25.5 Å². The van der Waals surface area contributed by atoms with Gasteiger partial charge in [0.05, 0.1) is 6.20 Å². The van der Waals surface area contributed by atoms with Crippen LogP contribution < -0.4 is 5.43 Å². The Morgan fingerprint density at radius 1 is 1.43 bits per heavy atom. The van der Waals surface area contributed by atoms with E-state index in [1.54, 1.807) is 0 Å². The average Bonchev–Trinajstić information content (AvgIpc) is 2.70. The van der Waals surface area contributed by atoms with E-state index in [0.29, 0.717) is 0 Å². The average molecular weight is 195 g/mol. The van der Waals surface area contributed by atoms with Gasteiger partial charge in [-0.25, -0.2) is 5.01 Å². The van der Waals surface area contributed by atoms with Gasteiger partial charge in [-0.05, 0) is 7.05 Å². The highest BCUT2D eigenvalue weighted by molar-refractivity contribution is 5.01. The SMILES string of the molecule is CN1CCN(NCc2cn[nH]c2)CC1. The zero-order valence-electron chi connectivity index (χ0n) is 8.53. The second kappa shape index (κ2) is 4.54. The summed E-state index contributed by atoms with van der Waals surface area (Å²) < 4.78 is 0. The first kappa shape index (κ1) is 9.64. The molecule has 2 rings (SSSR count). The van der Waals surface area contributed by atoms with E-state index in [1.807, 2.05) is 12.4 Å². The molecule has 0 aliphatic carbocycles. The Kier molecular flexibility index (Phi) is 3.13. The number of likely N-dealkylation sites (N-methyl/N-ethyl adjacent to an activating group) is 1. The van der Waals surface area contributed by atoms with Crippen LogP contribution in [0.1, 0.15) is 5.56 Å². The quantitative estimate of drug-likeness (QED) is 0.693. The van der Waals surface area contributed by atoms with Crippen LogP contribution in [0.25, 0.3) is 0 Å². The minimum Gasteiger partial charge on any atom is -0.304 e. The van der Waals surface area contributed by atoms with Gasteiger partial charge in [-0.1, -0.05) is 0 Å². The zero-order valence-corrected chi connectivity index (χ0v) is 8.53. The van der Waals surface area contributed by atoms with Crippen molar-refractivity contribution in [3.05, 3.63) is 18.0 Å². The molecule has 1 aromatic heterocycles. The molecular weight excluding hydrogens is 178 g/mol. The summed E-state index contributed by atoms with van der Waals surface area (Å²) in [5.41, 5.74) is 4.59. The lowest BCUT2D eigenvalue weighted by Crippen LogP contribution is -2.50. The molecule has 0 radical (unpaired) electrons. The number of piperazine rings is 1. The molecule has 0 aromatic carbocycles. The van der Waals surface area contributed by atoms with Crippen molar-refractivity contribution in [3.63, 3.8) is 0 Å². The number of H-pyrrole nitrogens is 1. The van der Waals surface area contributed by atoms with Crippen LogP contribution in [0.4, 0.5) is 0 Å². The molecule has 78 valence electrons. The van der Waals surface area contributed by atoms with Crippen molar-refractivity contribution in [2.45, 2.75) is 6.54 Å². The summed E-state index contributed by atoms with van der Waals surface area (Å²) in [5.74, 6) is 0. The Labute approximate surface area is 84.1 Å². The molecule has 2 heterocycles. The lowest BCUT2D eigenvalue weighted by atomic mass is 10.3. The van der Waals surface area contributed by atoms with E-state index < -0.39 is 0 Å². The van der Waals surface area contributed by atoms with E-state index in [1.165, 1.54) is 5.56 Å². The van der Waals surface area contributed by atoms with Crippen molar-refractivity contribution in [2.24, 2.45) is 0 Å². The van der Waals surface area contributed by atoms with E-state index in [9.17, 15) is 0 Å². The highest BCUT2D eigenvalue weighted by Gasteiger charge is 2.12. The fourth-order valence-electron chi connectivity index (χ4n) is 1.54. The second-order valence-electron chi connectivity index (χ2n) is 3.73. The predicted octanol–water partition coefficient (Wildman–Crippen LogP) is -0.338. The van der Waals surface area contributed by atoms with Crippen molar-refractivity contribution in [1.29, 1.82) is 0 Å². The van der Waals surface area contributed by atoms with Crippen LogP contribution in [-0.4, -0.2) is 53.3 Å². The third kappa shape index (κ3) is 2.54. The number of aromatic amines is 1. The third-order valence-corrected chi connectivity index (χ3v) is 2.56. The van der Waals surface area contributed by atoms with Gasteiger partial charge in [0.1, 0.15) is 0 Å². The maximum Gasteiger partial charge on any atom is 0.0532 e. The first-order valence-corrected chi connectivity index (χ1v) is 4.99. The minimum absolute atomic E-state index is 0.861. The molecule has 0 bridgehead atoms. The number of hydrogen-bond donors (Lipinski definition) is 2. The van der Waals surface area contributed by atoms with Crippen LogP contribution in [-0.2, 0) is 6.54 Å². The second-order valence-corrected chi connectivity index (χ2v) is 3.73. The van der Waals surface area contributed by atoms with E-state index in [4.69, 9.17) is 0 Å². The number of aromatic nitrogens is 2. The summed E-state index contributed by atoms with van der Waals surface area (Å²) in [6.07, 6.45) is 3.77. The molecule has 5 heteroatoms. The summed E-state index contributed by atoms with van der Waals surface area (Å²) >= 11 is 0. The van der Waals surface area contributed by atoms with Crippen LogP contribution in [0.2, 0.25) is 0 Å². The first-order chi connectivity index (χ1) is 6.84. The molecular formula is C9H17N5. The third-order valence-electron chi connectivity index (χ3n) is 2.56. The van der Waals surface area contributed by atoms with Gasteiger partial charge in [0.25, 0.3) is 0 Å². The Morgan fingerprint density at radius 2 is 2.21 bits per heavy atom. The molecule has 0 unspecified atom stereocenters. The van der Waals surface area contributed by atoms with Crippen molar-refractivity contribution >= 4 is 0 Å². The molecule has 1 aromatic rings. The van der Waals surface area contributed by atoms with Gasteiger partial charge < -0.3 is 4.90 Å². The van der Waals surface area contributed by atoms with E-state index in [0.717, 1.165) is 32.7 Å². The number of rotatable bonds is 3. The maximum atomic E-state index is 3.91. The summed E-state index contributed by atoms with van der Waals surface area (Å²) in [6, 6.07) is 0. The van der Waals surface area contributed by atoms with E-state index in [2.05, 4.69) is 32.6 Å². The van der Waals surface area contributed by atoms with Crippen molar-refractivity contribution < 1.29 is 0 Å². The molecule has 0 atom stereocenters. The molecule has 0 saturated carbocycles. The number of hydrogen-bond acceptors (Lipinski definition) is 4. The van der Waals surface area contributed by atoms with Gasteiger partial charge in [0.15, 0.2) is 0 Å². The van der Waals surface area contributed by atoms with Gasteiger partial charge in [0.2, 0.25) is 0 Å². The largest absolute Gasteiger partial charge is 0.304 e. The van der Waals surface area contributed by atoms with Gasteiger partial charge in [0, 0.05) is 44.5 Å². The Balaban J connectivity index is 1.71. The summed E-state index contributed by atoms with van der Waals surface area (Å²) in [4.78, 5) is 2.34. The van der Waals surface area contributed by atoms with Gasteiger partial charge in [-0.3, -0.25) is 10.5 Å². The molecule has 0 spiro atoms. The topological polar surface area (TPSA) is 47.2 Å². The first-order valence-electron chi connectivity index (χ1n) is 4.99. The fourth-order valence-corrected chi connectivity index (χ4v) is 1.54. The van der Waals surface area contributed by atoms with Crippen molar-refractivity contribution in [3.8, 4) is 0 Å². The lowest BCUT2D eigenvalue weighted by Gasteiger charge is -2.32.